The Morgan fingerprint density at radius 2 is 1.75 bits per heavy atom. The monoisotopic (exact) mass is 229 g/mol. The van der Waals surface area contributed by atoms with Gasteiger partial charge in [-0.25, -0.2) is 0 Å². The van der Waals surface area contributed by atoms with E-state index in [1.165, 1.54) is 12.1 Å². The molecule has 1 N–H and O–H groups in total. The Morgan fingerprint density at radius 1 is 1.19 bits per heavy atom. The Balaban J connectivity index is 1.96. The maximum Gasteiger partial charge on any atom is 0.416 e. The molecule has 1 aliphatic carbocycles. The number of nitrogens with one attached hydrogen (secondary N) is 1. The number of rotatable bonds is 3. The van der Waals surface area contributed by atoms with Crippen LogP contribution in [0.4, 0.5) is 13.2 Å². The van der Waals surface area contributed by atoms with Crippen LogP contribution in [0.3, 0.4) is 0 Å². The van der Waals surface area contributed by atoms with Crippen molar-refractivity contribution >= 4 is 0 Å². The van der Waals surface area contributed by atoms with Crippen molar-refractivity contribution < 1.29 is 13.2 Å². The van der Waals surface area contributed by atoms with Crippen molar-refractivity contribution in [2.75, 3.05) is 0 Å². The van der Waals surface area contributed by atoms with Crippen molar-refractivity contribution in [3.8, 4) is 0 Å². The second-order valence-corrected chi connectivity index (χ2v) is 4.61. The maximum atomic E-state index is 12.3. The standard InChI is InChI=1S/C12H14F3N/c1-11(6-7-11)16-8-9-2-4-10(5-3-9)12(13,14)15/h2-5,16H,6-8H2,1H3. The number of hydrogen-bond donors (Lipinski definition) is 1. The van der Waals surface area contributed by atoms with Crippen LogP contribution in [-0.2, 0) is 12.7 Å². The van der Waals surface area contributed by atoms with Crippen LogP contribution >= 0.6 is 0 Å². The lowest BCUT2D eigenvalue weighted by atomic mass is 10.1. The Morgan fingerprint density at radius 3 is 2.19 bits per heavy atom. The molecule has 1 nitrogen and oxygen atoms in total. The zero-order valence-electron chi connectivity index (χ0n) is 9.06. The molecule has 1 aromatic rings. The summed E-state index contributed by atoms with van der Waals surface area (Å²) < 4.78 is 36.9. The van der Waals surface area contributed by atoms with E-state index in [-0.39, 0.29) is 5.54 Å². The van der Waals surface area contributed by atoms with Gasteiger partial charge in [0.1, 0.15) is 0 Å². The largest absolute Gasteiger partial charge is 0.416 e. The molecule has 0 radical (unpaired) electrons. The summed E-state index contributed by atoms with van der Waals surface area (Å²) in [6.45, 7) is 2.76. The Kier molecular flexibility index (Phi) is 2.70. The van der Waals surface area contributed by atoms with Crippen molar-refractivity contribution in [1.29, 1.82) is 0 Å². The summed E-state index contributed by atoms with van der Waals surface area (Å²) in [7, 11) is 0. The van der Waals surface area contributed by atoms with Crippen molar-refractivity contribution in [3.05, 3.63) is 35.4 Å². The smallest absolute Gasteiger partial charge is 0.307 e. The molecular weight excluding hydrogens is 215 g/mol. The van der Waals surface area contributed by atoms with Crippen molar-refractivity contribution in [2.24, 2.45) is 0 Å². The molecule has 4 heteroatoms. The highest BCUT2D eigenvalue weighted by Crippen LogP contribution is 2.34. The van der Waals surface area contributed by atoms with E-state index in [0.29, 0.717) is 6.54 Å². The molecule has 0 saturated heterocycles. The summed E-state index contributed by atoms with van der Waals surface area (Å²) in [6, 6.07) is 5.32. The maximum absolute atomic E-state index is 12.3. The lowest BCUT2D eigenvalue weighted by Gasteiger charge is -2.12. The lowest BCUT2D eigenvalue weighted by Crippen LogP contribution is -2.26. The van der Waals surface area contributed by atoms with Gasteiger partial charge in [-0.3, -0.25) is 0 Å². The fraction of sp³-hybridized carbons (Fsp3) is 0.500. The first-order valence-corrected chi connectivity index (χ1v) is 5.30. The van der Waals surface area contributed by atoms with Gasteiger partial charge >= 0.3 is 6.18 Å². The van der Waals surface area contributed by atoms with Gasteiger partial charge in [-0.1, -0.05) is 12.1 Å². The van der Waals surface area contributed by atoms with E-state index >= 15 is 0 Å². The zero-order valence-corrected chi connectivity index (χ0v) is 9.06. The van der Waals surface area contributed by atoms with E-state index in [1.807, 2.05) is 0 Å². The topological polar surface area (TPSA) is 12.0 Å². The second-order valence-electron chi connectivity index (χ2n) is 4.61. The molecule has 88 valence electrons. The molecule has 16 heavy (non-hydrogen) atoms. The number of alkyl halides is 3. The molecule has 0 amide bonds. The SMILES string of the molecule is CC1(NCc2ccc(C(F)(F)F)cc2)CC1. The minimum absolute atomic E-state index is 0.211. The summed E-state index contributed by atoms with van der Waals surface area (Å²) in [5.74, 6) is 0. The minimum atomic E-state index is -4.24. The second kappa shape index (κ2) is 3.77. The summed E-state index contributed by atoms with van der Waals surface area (Å²) in [6.07, 6.45) is -1.95. The van der Waals surface area contributed by atoms with Crippen LogP contribution in [0.2, 0.25) is 0 Å². The number of benzene rings is 1. The van der Waals surface area contributed by atoms with Gasteiger partial charge in [0.2, 0.25) is 0 Å². The molecular formula is C12H14F3N. The average Bonchev–Trinajstić information content (AvgIpc) is 2.94. The molecule has 1 aromatic carbocycles. The Bertz CT molecular complexity index is 363. The van der Waals surface area contributed by atoms with Gasteiger partial charge in [-0.2, -0.15) is 13.2 Å². The van der Waals surface area contributed by atoms with Crippen LogP contribution in [0.15, 0.2) is 24.3 Å². The van der Waals surface area contributed by atoms with Gasteiger partial charge in [0, 0.05) is 12.1 Å². The number of halogens is 3. The Labute approximate surface area is 92.7 Å². The normalized spacial score (nSPS) is 18.5. The van der Waals surface area contributed by atoms with Gasteiger partial charge in [-0.15, -0.1) is 0 Å². The predicted molar refractivity (Wildman–Crippen MR) is 55.9 cm³/mol. The van der Waals surface area contributed by atoms with E-state index in [2.05, 4.69) is 12.2 Å². The van der Waals surface area contributed by atoms with Crippen LogP contribution < -0.4 is 5.32 Å². The van der Waals surface area contributed by atoms with E-state index in [1.54, 1.807) is 0 Å². The quantitative estimate of drug-likeness (QED) is 0.838. The third-order valence-corrected chi connectivity index (χ3v) is 3.00. The predicted octanol–water partition coefficient (Wildman–Crippen LogP) is 3.35. The molecule has 0 unspecified atom stereocenters. The van der Waals surface area contributed by atoms with Crippen LogP contribution in [0.5, 0.6) is 0 Å². The highest BCUT2D eigenvalue weighted by molar-refractivity contribution is 5.24. The molecule has 2 rings (SSSR count). The molecule has 0 aromatic heterocycles. The summed E-state index contributed by atoms with van der Waals surface area (Å²) in [5.41, 5.74) is 0.512. The highest BCUT2D eigenvalue weighted by Gasteiger charge is 2.36. The third kappa shape index (κ3) is 2.76. The van der Waals surface area contributed by atoms with E-state index < -0.39 is 11.7 Å². The highest BCUT2D eigenvalue weighted by atomic mass is 19.4. The first kappa shape index (κ1) is 11.5. The average molecular weight is 229 g/mol. The van der Waals surface area contributed by atoms with Crippen LogP contribution in [0.1, 0.15) is 30.9 Å². The molecule has 0 bridgehead atoms. The third-order valence-electron chi connectivity index (χ3n) is 3.00. The molecule has 1 saturated carbocycles. The van der Waals surface area contributed by atoms with E-state index in [9.17, 15) is 13.2 Å². The fourth-order valence-electron chi connectivity index (χ4n) is 1.49. The lowest BCUT2D eigenvalue weighted by molar-refractivity contribution is -0.137. The fourth-order valence-corrected chi connectivity index (χ4v) is 1.49. The first-order valence-electron chi connectivity index (χ1n) is 5.30. The van der Waals surface area contributed by atoms with Crippen molar-refractivity contribution in [3.63, 3.8) is 0 Å². The molecule has 0 atom stereocenters. The first-order chi connectivity index (χ1) is 7.39. The molecule has 0 aliphatic heterocycles. The van der Waals surface area contributed by atoms with Gasteiger partial charge in [0.25, 0.3) is 0 Å². The van der Waals surface area contributed by atoms with Gasteiger partial charge in [0.15, 0.2) is 0 Å². The van der Waals surface area contributed by atoms with Crippen molar-refractivity contribution in [2.45, 2.75) is 38.0 Å². The minimum Gasteiger partial charge on any atom is -0.307 e. The van der Waals surface area contributed by atoms with Gasteiger partial charge < -0.3 is 5.32 Å². The van der Waals surface area contributed by atoms with Gasteiger partial charge in [-0.05, 0) is 37.5 Å². The Hall–Kier alpha value is -1.03. The zero-order chi connectivity index (χ0) is 11.8. The summed E-state index contributed by atoms with van der Waals surface area (Å²) in [5, 5.41) is 3.33. The van der Waals surface area contributed by atoms with Crippen molar-refractivity contribution in [1.82, 2.24) is 5.32 Å². The van der Waals surface area contributed by atoms with E-state index in [0.717, 1.165) is 30.5 Å². The van der Waals surface area contributed by atoms with Crippen LogP contribution in [-0.4, -0.2) is 5.54 Å². The summed E-state index contributed by atoms with van der Waals surface area (Å²) >= 11 is 0. The molecule has 1 fully saturated rings. The number of hydrogen-bond acceptors (Lipinski definition) is 1. The van der Waals surface area contributed by atoms with Crippen LogP contribution in [0, 0.1) is 0 Å². The molecule has 0 heterocycles. The van der Waals surface area contributed by atoms with Gasteiger partial charge in [0.05, 0.1) is 5.56 Å². The van der Waals surface area contributed by atoms with E-state index in [4.69, 9.17) is 0 Å². The molecule has 0 spiro atoms. The molecule has 1 aliphatic rings. The summed E-state index contributed by atoms with van der Waals surface area (Å²) in [4.78, 5) is 0. The van der Waals surface area contributed by atoms with Crippen LogP contribution in [0.25, 0.3) is 0 Å².